The topological polar surface area (TPSA) is 47.0 Å². The van der Waals surface area contributed by atoms with Crippen LogP contribution in [0.2, 0.25) is 0 Å². The minimum absolute atomic E-state index is 0.0737. The molecule has 0 amide bonds. The van der Waals surface area contributed by atoms with Crippen molar-refractivity contribution < 1.29 is 9.59 Å². The lowest BCUT2D eigenvalue weighted by molar-refractivity contribution is 0.0984. The standard InChI is InChI=1S/C7H6ClNO2S/c1-2-5(10)4-3-12-7(9-4)6(8)11/h3H,2H2,1H3. The summed E-state index contributed by atoms with van der Waals surface area (Å²) in [5.74, 6) is -0.0737. The molecule has 0 saturated carbocycles. The monoisotopic (exact) mass is 203 g/mol. The third-order valence-corrected chi connectivity index (χ3v) is 2.41. The van der Waals surface area contributed by atoms with E-state index in [-0.39, 0.29) is 10.8 Å². The molecule has 0 radical (unpaired) electrons. The van der Waals surface area contributed by atoms with E-state index in [0.717, 1.165) is 11.3 Å². The molecule has 1 heterocycles. The molecule has 12 heavy (non-hydrogen) atoms. The Kier molecular flexibility index (Phi) is 2.94. The van der Waals surface area contributed by atoms with Gasteiger partial charge in [-0.15, -0.1) is 11.3 Å². The Morgan fingerprint density at radius 3 is 2.75 bits per heavy atom. The largest absolute Gasteiger partial charge is 0.292 e. The fraction of sp³-hybridized carbons (Fsp3) is 0.286. The number of carbonyl (C=O) groups is 2. The van der Waals surface area contributed by atoms with Gasteiger partial charge < -0.3 is 0 Å². The van der Waals surface area contributed by atoms with Crippen LogP contribution in [-0.4, -0.2) is 16.0 Å². The summed E-state index contributed by atoms with van der Waals surface area (Å²) in [5.41, 5.74) is 0.325. The highest BCUT2D eigenvalue weighted by Crippen LogP contribution is 2.13. The smallest absolute Gasteiger partial charge is 0.281 e. The molecule has 0 aliphatic rings. The highest BCUT2D eigenvalue weighted by Gasteiger charge is 2.11. The fourth-order valence-corrected chi connectivity index (χ4v) is 1.50. The van der Waals surface area contributed by atoms with Gasteiger partial charge >= 0.3 is 0 Å². The van der Waals surface area contributed by atoms with E-state index in [1.807, 2.05) is 0 Å². The summed E-state index contributed by atoms with van der Waals surface area (Å²) >= 11 is 6.25. The summed E-state index contributed by atoms with van der Waals surface area (Å²) in [5, 5.41) is 1.10. The van der Waals surface area contributed by atoms with Crippen molar-refractivity contribution in [3.63, 3.8) is 0 Å². The van der Waals surface area contributed by atoms with Gasteiger partial charge in [-0.3, -0.25) is 9.59 Å². The maximum atomic E-state index is 11.0. The van der Waals surface area contributed by atoms with Crippen LogP contribution in [-0.2, 0) is 0 Å². The van der Waals surface area contributed by atoms with E-state index in [1.165, 1.54) is 0 Å². The van der Waals surface area contributed by atoms with Gasteiger partial charge in [0, 0.05) is 11.8 Å². The second-order valence-electron chi connectivity index (χ2n) is 2.09. The summed E-state index contributed by atoms with van der Waals surface area (Å²) in [6, 6.07) is 0. The normalized spacial score (nSPS) is 9.83. The van der Waals surface area contributed by atoms with E-state index in [0.29, 0.717) is 12.1 Å². The zero-order valence-electron chi connectivity index (χ0n) is 6.33. The summed E-state index contributed by atoms with van der Waals surface area (Å²) in [6.07, 6.45) is 0.389. The number of carbonyl (C=O) groups excluding carboxylic acids is 2. The fourth-order valence-electron chi connectivity index (χ4n) is 0.673. The van der Waals surface area contributed by atoms with Crippen LogP contribution in [0.5, 0.6) is 0 Å². The molecule has 1 aromatic rings. The molecule has 0 bridgehead atoms. The van der Waals surface area contributed by atoms with Crippen LogP contribution in [0.1, 0.15) is 33.6 Å². The van der Waals surface area contributed by atoms with Crippen molar-refractivity contribution in [3.05, 3.63) is 16.1 Å². The van der Waals surface area contributed by atoms with E-state index in [2.05, 4.69) is 4.98 Å². The van der Waals surface area contributed by atoms with E-state index in [4.69, 9.17) is 11.6 Å². The Morgan fingerprint density at radius 2 is 2.33 bits per heavy atom. The maximum Gasteiger partial charge on any atom is 0.281 e. The molecule has 0 atom stereocenters. The number of ketones is 1. The first-order chi connectivity index (χ1) is 5.65. The number of aromatic nitrogens is 1. The number of halogens is 1. The minimum Gasteiger partial charge on any atom is -0.292 e. The summed E-state index contributed by atoms with van der Waals surface area (Å²) in [4.78, 5) is 25.4. The van der Waals surface area contributed by atoms with Crippen molar-refractivity contribution in [2.45, 2.75) is 13.3 Å². The molecule has 5 heteroatoms. The van der Waals surface area contributed by atoms with Crippen LogP contribution < -0.4 is 0 Å². The molecule has 0 spiro atoms. The second kappa shape index (κ2) is 3.78. The van der Waals surface area contributed by atoms with Crippen LogP contribution in [0, 0.1) is 0 Å². The number of hydrogen-bond acceptors (Lipinski definition) is 4. The first kappa shape index (κ1) is 9.35. The molecule has 0 aliphatic carbocycles. The van der Waals surface area contributed by atoms with Crippen molar-refractivity contribution in [1.82, 2.24) is 4.98 Å². The van der Waals surface area contributed by atoms with Crippen LogP contribution in [0.4, 0.5) is 0 Å². The molecule has 0 aromatic carbocycles. The van der Waals surface area contributed by atoms with Crippen molar-refractivity contribution >= 4 is 34.0 Å². The average molecular weight is 204 g/mol. The molecule has 1 aromatic heterocycles. The lowest BCUT2D eigenvalue weighted by Crippen LogP contribution is -1.97. The van der Waals surface area contributed by atoms with E-state index < -0.39 is 5.24 Å². The van der Waals surface area contributed by atoms with Crippen molar-refractivity contribution in [2.75, 3.05) is 0 Å². The average Bonchev–Trinajstić information content (AvgIpc) is 2.51. The molecule has 0 fully saturated rings. The number of hydrogen-bond donors (Lipinski definition) is 0. The van der Waals surface area contributed by atoms with Gasteiger partial charge in [-0.1, -0.05) is 6.92 Å². The van der Waals surface area contributed by atoms with Gasteiger partial charge in [-0.05, 0) is 11.6 Å². The molecular weight excluding hydrogens is 198 g/mol. The number of rotatable bonds is 3. The molecule has 0 unspecified atom stereocenters. The van der Waals surface area contributed by atoms with Crippen molar-refractivity contribution in [3.8, 4) is 0 Å². The van der Waals surface area contributed by atoms with E-state index in [1.54, 1.807) is 12.3 Å². The lowest BCUT2D eigenvalue weighted by atomic mass is 10.2. The van der Waals surface area contributed by atoms with Gasteiger partial charge in [0.15, 0.2) is 10.8 Å². The minimum atomic E-state index is -0.616. The molecule has 0 aliphatic heterocycles. The number of thiazole rings is 1. The maximum absolute atomic E-state index is 11.0. The SMILES string of the molecule is CCC(=O)c1csc(C(=O)Cl)n1. The Morgan fingerprint density at radius 1 is 1.67 bits per heavy atom. The molecule has 0 saturated heterocycles. The van der Waals surface area contributed by atoms with Crippen molar-refractivity contribution in [2.24, 2.45) is 0 Å². The Balaban J connectivity index is 2.91. The zero-order valence-corrected chi connectivity index (χ0v) is 7.91. The lowest BCUT2D eigenvalue weighted by Gasteiger charge is -1.86. The van der Waals surface area contributed by atoms with E-state index >= 15 is 0 Å². The summed E-state index contributed by atoms with van der Waals surface area (Å²) in [7, 11) is 0. The third kappa shape index (κ3) is 1.89. The number of Topliss-reactive ketones (excluding diaryl/α,β-unsaturated/α-hetero) is 1. The van der Waals surface area contributed by atoms with Crippen LogP contribution in [0.15, 0.2) is 5.38 Å². The van der Waals surface area contributed by atoms with Crippen molar-refractivity contribution in [1.29, 1.82) is 0 Å². The predicted molar refractivity (Wildman–Crippen MR) is 46.9 cm³/mol. The summed E-state index contributed by atoms with van der Waals surface area (Å²) in [6.45, 7) is 1.74. The molecule has 0 N–H and O–H groups in total. The van der Waals surface area contributed by atoms with Crippen LogP contribution in [0.3, 0.4) is 0 Å². The molecular formula is C7H6ClNO2S. The highest BCUT2D eigenvalue weighted by molar-refractivity contribution is 7.13. The summed E-state index contributed by atoms with van der Waals surface area (Å²) < 4.78 is 0. The van der Waals surface area contributed by atoms with Gasteiger partial charge in [0.2, 0.25) is 0 Å². The number of nitrogens with zero attached hydrogens (tertiary/aromatic N) is 1. The van der Waals surface area contributed by atoms with Crippen LogP contribution in [0.25, 0.3) is 0 Å². The quantitative estimate of drug-likeness (QED) is 0.559. The Labute approximate surface area is 78.4 Å². The first-order valence-electron chi connectivity index (χ1n) is 3.33. The third-order valence-electron chi connectivity index (χ3n) is 1.28. The molecule has 1 rings (SSSR count). The zero-order chi connectivity index (χ0) is 9.14. The van der Waals surface area contributed by atoms with Crippen LogP contribution >= 0.6 is 22.9 Å². The van der Waals surface area contributed by atoms with Gasteiger partial charge in [0.25, 0.3) is 5.24 Å². The first-order valence-corrected chi connectivity index (χ1v) is 4.59. The highest BCUT2D eigenvalue weighted by atomic mass is 35.5. The Hall–Kier alpha value is -0.740. The molecule has 64 valence electrons. The predicted octanol–water partition coefficient (Wildman–Crippen LogP) is 2.11. The van der Waals surface area contributed by atoms with Gasteiger partial charge in [0.1, 0.15) is 5.69 Å². The Bertz CT molecular complexity index is 321. The second-order valence-corrected chi connectivity index (χ2v) is 3.29. The van der Waals surface area contributed by atoms with Gasteiger partial charge in [-0.2, -0.15) is 0 Å². The van der Waals surface area contributed by atoms with Gasteiger partial charge in [-0.25, -0.2) is 4.98 Å². The van der Waals surface area contributed by atoms with E-state index in [9.17, 15) is 9.59 Å². The molecule has 3 nitrogen and oxygen atoms in total. The van der Waals surface area contributed by atoms with Gasteiger partial charge in [0.05, 0.1) is 0 Å².